The van der Waals surface area contributed by atoms with Crippen LogP contribution in [0.5, 0.6) is 5.75 Å². The lowest BCUT2D eigenvalue weighted by Gasteiger charge is -2.33. The zero-order chi connectivity index (χ0) is 53.6. The molecule has 23 nitrogen and oxygen atoms in total. The first-order chi connectivity index (χ1) is 34.8. The van der Waals surface area contributed by atoms with Crippen molar-refractivity contribution in [2.75, 3.05) is 26.7 Å². The quantitative estimate of drug-likeness (QED) is 0.0242. The van der Waals surface area contributed by atoms with Crippen molar-refractivity contribution in [1.29, 1.82) is 0 Å². The summed E-state index contributed by atoms with van der Waals surface area (Å²) >= 11 is 0. The van der Waals surface area contributed by atoms with Crippen LogP contribution in [0.25, 0.3) is 0 Å². The van der Waals surface area contributed by atoms with Crippen molar-refractivity contribution in [3.05, 3.63) is 83.9 Å². The first kappa shape index (κ1) is 58.0. The highest BCUT2D eigenvalue weighted by Gasteiger charge is 2.41. The van der Waals surface area contributed by atoms with E-state index in [4.69, 9.17) is 22.3 Å². The average Bonchev–Trinajstić information content (AvgIpc) is 4.08. The number of phenols is 1. The number of likely N-dealkylation sites (tertiary alicyclic amines) is 1. The lowest BCUT2D eigenvalue weighted by Crippen LogP contribution is -2.60. The van der Waals surface area contributed by atoms with E-state index in [0.29, 0.717) is 30.5 Å². The number of aliphatic carboxylic acids is 1. The SMILES string of the molecule is CCCC[C@H](NC(=O)[C@H](CC(C)C)N(C)C(=O)[C@H](Cc1ccccc1)NC(=O)[C@@H](N)Cc1ccc(O)cc1)C(=O)N[C@@H](Cc1cnc[nH]1)C(=O)N1CCC[C@H]1C(=O)N[C@@H](CCCN=C(N)N)C(=O)NCC(=O)O. The summed E-state index contributed by atoms with van der Waals surface area (Å²) in [5.74, 6) is -6.05. The van der Waals surface area contributed by atoms with Crippen molar-refractivity contribution in [3.8, 4) is 5.75 Å². The number of unbranched alkanes of at least 4 members (excludes halogenated alkanes) is 1. The normalized spacial score (nSPS) is 15.6. The molecule has 14 N–H and O–H groups in total. The van der Waals surface area contributed by atoms with Gasteiger partial charge < -0.3 is 68.8 Å². The molecule has 2 aromatic carbocycles. The van der Waals surface area contributed by atoms with Crippen LogP contribution < -0.4 is 43.8 Å². The van der Waals surface area contributed by atoms with E-state index in [0.717, 1.165) is 5.56 Å². The highest BCUT2D eigenvalue weighted by Crippen LogP contribution is 2.21. The Morgan fingerprint density at radius 3 is 2.10 bits per heavy atom. The van der Waals surface area contributed by atoms with Crippen molar-refractivity contribution in [1.82, 2.24) is 46.4 Å². The van der Waals surface area contributed by atoms with Gasteiger partial charge in [0.2, 0.25) is 41.4 Å². The first-order valence-corrected chi connectivity index (χ1v) is 24.7. The second kappa shape index (κ2) is 29.1. The van der Waals surface area contributed by atoms with Gasteiger partial charge >= 0.3 is 5.97 Å². The van der Waals surface area contributed by atoms with Gasteiger partial charge in [0, 0.05) is 44.9 Å². The maximum absolute atomic E-state index is 14.6. The van der Waals surface area contributed by atoms with E-state index in [-0.39, 0.29) is 82.1 Å². The van der Waals surface area contributed by atoms with Gasteiger partial charge in [0.25, 0.3) is 0 Å². The largest absolute Gasteiger partial charge is 0.508 e. The van der Waals surface area contributed by atoms with Crippen LogP contribution in [0.4, 0.5) is 0 Å². The third-order valence-corrected chi connectivity index (χ3v) is 12.3. The first-order valence-electron chi connectivity index (χ1n) is 24.7. The van der Waals surface area contributed by atoms with Crippen molar-refractivity contribution in [3.63, 3.8) is 0 Å². The number of nitrogens with one attached hydrogen (secondary N) is 6. The number of aliphatic imine (C=N–C) groups is 1. The number of benzene rings is 2. The van der Waals surface area contributed by atoms with Gasteiger partial charge in [0.05, 0.1) is 12.4 Å². The minimum absolute atomic E-state index is 0.0442. The molecule has 1 saturated heterocycles. The molecule has 0 bridgehead atoms. The molecule has 3 aromatic rings. The number of amides is 7. The molecule has 0 radical (unpaired) electrons. The number of nitrogens with zero attached hydrogens (tertiary/aromatic N) is 4. The zero-order valence-electron chi connectivity index (χ0n) is 42.1. The van der Waals surface area contributed by atoms with Gasteiger partial charge in [0.15, 0.2) is 5.96 Å². The van der Waals surface area contributed by atoms with E-state index < -0.39 is 96.2 Å². The number of likely N-dealkylation sites (N-methyl/N-ethyl adjacent to an activating group) is 1. The lowest BCUT2D eigenvalue weighted by molar-refractivity contribution is -0.144. The molecule has 0 saturated carbocycles. The number of guanidine groups is 1. The summed E-state index contributed by atoms with van der Waals surface area (Å²) < 4.78 is 0. The molecular formula is C50H73N13O10. The smallest absolute Gasteiger partial charge is 0.322 e. The summed E-state index contributed by atoms with van der Waals surface area (Å²) in [7, 11) is 1.47. The molecule has 1 aromatic heterocycles. The molecule has 1 aliphatic rings. The van der Waals surface area contributed by atoms with Crippen LogP contribution in [-0.2, 0) is 57.6 Å². The molecule has 1 fully saturated rings. The minimum atomic E-state index is -1.29. The van der Waals surface area contributed by atoms with E-state index >= 15 is 0 Å². The maximum Gasteiger partial charge on any atom is 0.322 e. The Morgan fingerprint density at radius 1 is 0.822 bits per heavy atom. The summed E-state index contributed by atoms with van der Waals surface area (Å²) in [6.45, 7) is 5.25. The average molecular weight is 1020 g/mol. The number of carbonyl (C=O) groups excluding carboxylic acids is 7. The standard InChI is InChI=1S/C50H73N13O10/c1-5-6-14-37(59-47(71)41(23-30(2)3)62(4)48(72)38(25-31-12-8-7-9-13-31)60-43(67)35(51)24-32-17-19-34(64)20-18-32)45(69)61-39(26-33-27-54-29-57-33)49(73)63-22-11-16-40(63)46(70)58-36(15-10-21-55-50(52)53)44(68)56-28-42(65)66/h7-9,12-13,17-20,27,29-30,35-41,64H,5-6,10-11,14-16,21-26,28,51H2,1-4H3,(H,54,57)(H,56,68)(H,58,70)(H,59,71)(H,60,67)(H,61,69)(H,65,66)(H4,52,53,55)/t35-,36-,37-,38-,39-,40-,41-/m0/s1. The van der Waals surface area contributed by atoms with Crippen molar-refractivity contribution in [2.24, 2.45) is 28.1 Å². The molecular weight excluding hydrogens is 943 g/mol. The second-order valence-corrected chi connectivity index (χ2v) is 18.7. The predicted octanol–water partition coefficient (Wildman–Crippen LogP) is -0.282. The van der Waals surface area contributed by atoms with Gasteiger partial charge in [-0.1, -0.05) is 76.1 Å². The zero-order valence-corrected chi connectivity index (χ0v) is 42.1. The number of hydrogen-bond acceptors (Lipinski definition) is 12. The van der Waals surface area contributed by atoms with Gasteiger partial charge in [0.1, 0.15) is 48.5 Å². The highest BCUT2D eigenvalue weighted by atomic mass is 16.4. The fourth-order valence-electron chi connectivity index (χ4n) is 8.46. The van der Waals surface area contributed by atoms with Crippen LogP contribution in [0, 0.1) is 5.92 Å². The number of phenolic OH excluding ortho intramolecular Hbond substituents is 1. The fourth-order valence-corrected chi connectivity index (χ4v) is 8.46. The summed E-state index contributed by atoms with van der Waals surface area (Å²) in [5.41, 5.74) is 19.1. The number of aromatic hydroxyl groups is 1. The van der Waals surface area contributed by atoms with E-state index in [9.17, 15) is 43.5 Å². The van der Waals surface area contributed by atoms with Crippen LogP contribution >= 0.6 is 0 Å². The number of nitrogens with two attached hydrogens (primary N) is 3. The molecule has 398 valence electrons. The molecule has 0 aliphatic carbocycles. The molecule has 0 unspecified atom stereocenters. The highest BCUT2D eigenvalue weighted by molar-refractivity contribution is 5.98. The van der Waals surface area contributed by atoms with Crippen LogP contribution in [-0.4, -0.2) is 152 Å². The van der Waals surface area contributed by atoms with Crippen LogP contribution in [0.2, 0.25) is 0 Å². The van der Waals surface area contributed by atoms with E-state index in [1.165, 1.54) is 41.5 Å². The number of rotatable bonds is 29. The summed E-state index contributed by atoms with van der Waals surface area (Å²) in [6, 6.07) is 7.29. The predicted molar refractivity (Wildman–Crippen MR) is 271 cm³/mol. The van der Waals surface area contributed by atoms with Crippen LogP contribution in [0.15, 0.2) is 72.1 Å². The number of aromatic nitrogens is 2. The third kappa shape index (κ3) is 18.9. The molecule has 7 atom stereocenters. The molecule has 4 rings (SSSR count). The maximum atomic E-state index is 14.6. The van der Waals surface area contributed by atoms with E-state index in [1.807, 2.05) is 39.0 Å². The number of imidazole rings is 1. The van der Waals surface area contributed by atoms with E-state index in [1.54, 1.807) is 24.3 Å². The van der Waals surface area contributed by atoms with E-state index in [2.05, 4.69) is 41.5 Å². The Balaban J connectivity index is 1.56. The number of carboxylic acid groups (broad SMARTS) is 1. The Kier molecular flexibility index (Phi) is 23.1. The Bertz CT molecular complexity index is 2330. The van der Waals surface area contributed by atoms with Crippen LogP contribution in [0.3, 0.4) is 0 Å². The van der Waals surface area contributed by atoms with Gasteiger partial charge in [-0.05, 0) is 74.1 Å². The molecule has 23 heteroatoms. The Labute approximate surface area is 425 Å². The Morgan fingerprint density at radius 2 is 1.47 bits per heavy atom. The van der Waals surface area contributed by atoms with Crippen molar-refractivity contribution in [2.45, 2.75) is 134 Å². The number of carboxylic acids is 1. The number of hydrogen-bond donors (Lipinski definition) is 11. The van der Waals surface area contributed by atoms with Crippen molar-refractivity contribution < 1.29 is 48.6 Å². The van der Waals surface area contributed by atoms with Gasteiger partial charge in [-0.3, -0.25) is 43.3 Å². The van der Waals surface area contributed by atoms with Gasteiger partial charge in [-0.2, -0.15) is 0 Å². The molecule has 73 heavy (non-hydrogen) atoms. The minimum Gasteiger partial charge on any atom is -0.508 e. The summed E-state index contributed by atoms with van der Waals surface area (Å²) in [6.07, 6.45) is 5.45. The van der Waals surface area contributed by atoms with Gasteiger partial charge in [-0.15, -0.1) is 0 Å². The molecule has 1 aliphatic heterocycles. The molecule has 7 amide bonds. The van der Waals surface area contributed by atoms with Crippen LogP contribution in [0.1, 0.15) is 89.0 Å². The monoisotopic (exact) mass is 1020 g/mol. The number of carbonyl (C=O) groups is 8. The molecule has 2 heterocycles. The lowest BCUT2D eigenvalue weighted by atomic mass is 9.98. The number of H-pyrrole nitrogens is 1. The Hall–Kier alpha value is -7.56. The van der Waals surface area contributed by atoms with Gasteiger partial charge in [-0.25, -0.2) is 4.98 Å². The second-order valence-electron chi connectivity index (χ2n) is 18.7. The number of aromatic amines is 1. The van der Waals surface area contributed by atoms with Crippen molar-refractivity contribution >= 4 is 53.3 Å². The fraction of sp³-hybridized carbons (Fsp3) is 0.520. The topological polar surface area (TPSA) is 363 Å². The molecule has 0 spiro atoms. The summed E-state index contributed by atoms with van der Waals surface area (Å²) in [5, 5.41) is 32.3. The summed E-state index contributed by atoms with van der Waals surface area (Å²) in [4.78, 5) is 124. The third-order valence-electron chi connectivity index (χ3n) is 12.3.